The normalized spacial score (nSPS) is 19.0. The third-order valence-corrected chi connectivity index (χ3v) is 3.97. The lowest BCUT2D eigenvalue weighted by Gasteiger charge is -2.17. The van der Waals surface area contributed by atoms with Crippen molar-refractivity contribution in [2.45, 2.75) is 25.3 Å². The molecule has 1 aliphatic heterocycles. The van der Waals surface area contributed by atoms with Crippen molar-refractivity contribution >= 4 is 15.9 Å². The zero-order valence-corrected chi connectivity index (χ0v) is 12.1. The summed E-state index contributed by atoms with van der Waals surface area (Å²) in [6, 6.07) is 1.90. The van der Waals surface area contributed by atoms with Gasteiger partial charge in [0.2, 0.25) is 0 Å². The van der Waals surface area contributed by atoms with Gasteiger partial charge in [0.05, 0.1) is 14.2 Å². The van der Waals surface area contributed by atoms with Crippen LogP contribution < -0.4 is 14.8 Å². The second kappa shape index (κ2) is 5.89. The van der Waals surface area contributed by atoms with Gasteiger partial charge in [0.15, 0.2) is 11.6 Å². The van der Waals surface area contributed by atoms with Gasteiger partial charge in [0, 0.05) is 11.6 Å². The van der Waals surface area contributed by atoms with Crippen LogP contribution in [0, 0.1) is 5.82 Å². The molecule has 1 fully saturated rings. The predicted octanol–water partition coefficient (Wildman–Crippen LogP) is 2.90. The fourth-order valence-electron chi connectivity index (χ4n) is 2.39. The molecular weight excluding hydrogens is 301 g/mol. The predicted molar refractivity (Wildman–Crippen MR) is 71.9 cm³/mol. The molecule has 0 radical (unpaired) electrons. The van der Waals surface area contributed by atoms with Crippen LogP contribution in [0.4, 0.5) is 4.39 Å². The van der Waals surface area contributed by atoms with Gasteiger partial charge in [-0.05, 0) is 47.8 Å². The molecular formula is C13H17BrFNO2. The highest BCUT2D eigenvalue weighted by atomic mass is 79.9. The first-order chi connectivity index (χ1) is 8.67. The Morgan fingerprint density at radius 3 is 2.67 bits per heavy atom. The standard InChI is InChI=1S/C13H17BrFNO2/c1-17-12-8(6-9-4-3-5-16-9)7-10(15)13(18-2)11(12)14/h7,9,16H,3-6H2,1-2H3. The lowest BCUT2D eigenvalue weighted by molar-refractivity contribution is 0.365. The van der Waals surface area contributed by atoms with Crippen molar-refractivity contribution in [1.29, 1.82) is 0 Å². The maximum atomic E-state index is 13.9. The minimum absolute atomic E-state index is 0.190. The van der Waals surface area contributed by atoms with Gasteiger partial charge in [-0.25, -0.2) is 4.39 Å². The summed E-state index contributed by atoms with van der Waals surface area (Å²) in [5, 5.41) is 3.40. The molecule has 1 saturated heterocycles. The van der Waals surface area contributed by atoms with E-state index in [1.54, 1.807) is 7.11 Å². The fraction of sp³-hybridized carbons (Fsp3) is 0.538. The number of rotatable bonds is 4. The molecule has 1 unspecified atom stereocenters. The maximum absolute atomic E-state index is 13.9. The molecule has 0 amide bonds. The van der Waals surface area contributed by atoms with Gasteiger partial charge in [-0.2, -0.15) is 0 Å². The zero-order chi connectivity index (χ0) is 13.1. The van der Waals surface area contributed by atoms with Crippen molar-refractivity contribution in [3.63, 3.8) is 0 Å². The maximum Gasteiger partial charge on any atom is 0.172 e. The molecule has 0 aliphatic carbocycles. The van der Waals surface area contributed by atoms with E-state index >= 15 is 0 Å². The summed E-state index contributed by atoms with van der Waals surface area (Å²) in [4.78, 5) is 0. The molecule has 1 aromatic rings. The molecule has 0 saturated carbocycles. The first-order valence-electron chi connectivity index (χ1n) is 5.99. The van der Waals surface area contributed by atoms with Crippen LogP contribution in [-0.2, 0) is 6.42 Å². The van der Waals surface area contributed by atoms with Gasteiger partial charge in [-0.3, -0.25) is 0 Å². The van der Waals surface area contributed by atoms with E-state index in [1.165, 1.54) is 19.6 Å². The summed E-state index contributed by atoms with van der Waals surface area (Å²) in [6.45, 7) is 1.03. The lowest BCUT2D eigenvalue weighted by atomic mass is 10.0. The number of benzene rings is 1. The van der Waals surface area contributed by atoms with Crippen LogP contribution >= 0.6 is 15.9 Å². The SMILES string of the molecule is COc1c(F)cc(CC2CCCN2)c(OC)c1Br. The number of methoxy groups -OCH3 is 2. The van der Waals surface area contributed by atoms with Crippen molar-refractivity contribution < 1.29 is 13.9 Å². The van der Waals surface area contributed by atoms with Crippen molar-refractivity contribution in [2.24, 2.45) is 0 Å². The Balaban J connectivity index is 2.33. The van der Waals surface area contributed by atoms with E-state index in [0.717, 1.165) is 24.9 Å². The van der Waals surface area contributed by atoms with E-state index in [0.29, 0.717) is 16.3 Å². The zero-order valence-electron chi connectivity index (χ0n) is 10.6. The van der Waals surface area contributed by atoms with Gasteiger partial charge < -0.3 is 14.8 Å². The minimum atomic E-state index is -0.363. The van der Waals surface area contributed by atoms with E-state index in [4.69, 9.17) is 9.47 Å². The fourth-order valence-corrected chi connectivity index (χ4v) is 3.16. The smallest absolute Gasteiger partial charge is 0.172 e. The third-order valence-electron chi connectivity index (χ3n) is 3.25. The van der Waals surface area contributed by atoms with Crippen molar-refractivity contribution in [1.82, 2.24) is 5.32 Å². The summed E-state index contributed by atoms with van der Waals surface area (Å²) in [7, 11) is 3.03. The van der Waals surface area contributed by atoms with Crippen LogP contribution in [0.15, 0.2) is 10.5 Å². The summed E-state index contributed by atoms with van der Waals surface area (Å²) >= 11 is 3.34. The number of hydrogen-bond donors (Lipinski definition) is 1. The van der Waals surface area contributed by atoms with Crippen molar-refractivity contribution in [3.8, 4) is 11.5 Å². The Hall–Kier alpha value is -0.810. The Kier molecular flexibility index (Phi) is 4.45. The van der Waals surface area contributed by atoms with Crippen molar-refractivity contribution in [3.05, 3.63) is 21.9 Å². The molecule has 1 heterocycles. The molecule has 2 rings (SSSR count). The van der Waals surface area contributed by atoms with E-state index in [-0.39, 0.29) is 11.6 Å². The highest BCUT2D eigenvalue weighted by Gasteiger charge is 2.22. The average molecular weight is 318 g/mol. The first kappa shape index (κ1) is 13.6. The van der Waals surface area contributed by atoms with E-state index in [2.05, 4.69) is 21.2 Å². The highest BCUT2D eigenvalue weighted by Crippen LogP contribution is 2.40. The Morgan fingerprint density at radius 2 is 2.11 bits per heavy atom. The molecule has 1 aromatic carbocycles. The highest BCUT2D eigenvalue weighted by molar-refractivity contribution is 9.10. The molecule has 0 spiro atoms. The molecule has 18 heavy (non-hydrogen) atoms. The lowest BCUT2D eigenvalue weighted by Crippen LogP contribution is -2.24. The quantitative estimate of drug-likeness (QED) is 0.926. The topological polar surface area (TPSA) is 30.5 Å². The molecule has 3 nitrogen and oxygen atoms in total. The summed E-state index contributed by atoms with van der Waals surface area (Å²) in [5.74, 6) is 0.482. The molecule has 1 N–H and O–H groups in total. The monoisotopic (exact) mass is 317 g/mol. The number of hydrogen-bond acceptors (Lipinski definition) is 3. The van der Waals surface area contributed by atoms with E-state index in [9.17, 15) is 4.39 Å². The van der Waals surface area contributed by atoms with Gasteiger partial charge in [-0.1, -0.05) is 0 Å². The molecule has 100 valence electrons. The van der Waals surface area contributed by atoms with E-state index < -0.39 is 0 Å². The number of nitrogens with one attached hydrogen (secondary N) is 1. The molecule has 0 aromatic heterocycles. The summed E-state index contributed by atoms with van der Waals surface area (Å²) < 4.78 is 24.8. The minimum Gasteiger partial charge on any atom is -0.495 e. The van der Waals surface area contributed by atoms with Crippen LogP contribution in [-0.4, -0.2) is 26.8 Å². The van der Waals surface area contributed by atoms with Crippen LogP contribution in [0.25, 0.3) is 0 Å². The van der Waals surface area contributed by atoms with E-state index in [1.807, 2.05) is 0 Å². The van der Waals surface area contributed by atoms with Gasteiger partial charge in [-0.15, -0.1) is 0 Å². The first-order valence-corrected chi connectivity index (χ1v) is 6.79. The summed E-state index contributed by atoms with van der Waals surface area (Å²) in [6.07, 6.45) is 3.06. The van der Waals surface area contributed by atoms with Crippen LogP contribution in [0.3, 0.4) is 0 Å². The molecule has 1 atom stereocenters. The Bertz CT molecular complexity index is 433. The van der Waals surface area contributed by atoms with Gasteiger partial charge >= 0.3 is 0 Å². The van der Waals surface area contributed by atoms with Crippen molar-refractivity contribution in [2.75, 3.05) is 20.8 Å². The van der Waals surface area contributed by atoms with Gasteiger partial charge in [0.25, 0.3) is 0 Å². The Morgan fingerprint density at radius 1 is 1.39 bits per heavy atom. The average Bonchev–Trinajstić information content (AvgIpc) is 2.82. The van der Waals surface area contributed by atoms with Gasteiger partial charge in [0.1, 0.15) is 10.2 Å². The second-order valence-corrected chi connectivity index (χ2v) is 5.19. The Labute approximate surface area is 115 Å². The molecule has 5 heteroatoms. The molecule has 1 aliphatic rings. The van der Waals surface area contributed by atoms with Crippen LogP contribution in [0.2, 0.25) is 0 Å². The second-order valence-electron chi connectivity index (χ2n) is 4.40. The third kappa shape index (κ3) is 2.62. The largest absolute Gasteiger partial charge is 0.495 e. The van der Waals surface area contributed by atoms with Crippen LogP contribution in [0.5, 0.6) is 11.5 Å². The molecule has 0 bridgehead atoms. The number of halogens is 2. The van der Waals surface area contributed by atoms with Crippen LogP contribution in [0.1, 0.15) is 18.4 Å². The number of ether oxygens (including phenoxy) is 2. The summed E-state index contributed by atoms with van der Waals surface area (Å²) in [5.41, 5.74) is 0.863.